The Kier molecular flexibility index (Phi) is 6.24. The van der Waals surface area contributed by atoms with Gasteiger partial charge >= 0.3 is 5.97 Å². The second kappa shape index (κ2) is 9.34. The zero-order chi connectivity index (χ0) is 24.5. The summed E-state index contributed by atoms with van der Waals surface area (Å²) in [5, 5.41) is 0. The number of ether oxygens (including phenoxy) is 3. The van der Waals surface area contributed by atoms with Crippen LogP contribution in [0.2, 0.25) is 0 Å². The number of nitrogens with zero attached hydrogens (tertiary/aromatic N) is 1. The Hall–Kier alpha value is -3.38. The van der Waals surface area contributed by atoms with E-state index < -0.39 is 11.4 Å². The first-order valence-corrected chi connectivity index (χ1v) is 12.3. The van der Waals surface area contributed by atoms with Crippen molar-refractivity contribution in [1.29, 1.82) is 0 Å². The molecular weight excluding hydrogens is 442 g/mol. The molecule has 2 atom stereocenters. The lowest BCUT2D eigenvalue weighted by atomic mass is 9.88. The van der Waals surface area contributed by atoms with Crippen molar-refractivity contribution in [2.75, 3.05) is 19.7 Å². The van der Waals surface area contributed by atoms with Crippen molar-refractivity contribution in [2.45, 2.75) is 44.5 Å². The van der Waals surface area contributed by atoms with E-state index in [0.29, 0.717) is 37.4 Å². The molecule has 0 radical (unpaired) electrons. The van der Waals surface area contributed by atoms with Gasteiger partial charge in [0.2, 0.25) is 5.91 Å². The number of esters is 1. The molecule has 2 unspecified atom stereocenters. The number of carbonyl (C=O) groups excluding carboxylic acids is 2. The Balaban J connectivity index is 1.39. The molecule has 35 heavy (non-hydrogen) atoms. The molecule has 0 aromatic heterocycles. The van der Waals surface area contributed by atoms with Gasteiger partial charge in [0.05, 0.1) is 12.5 Å². The maximum absolute atomic E-state index is 13.5. The molecule has 2 fully saturated rings. The SMILES string of the molecule is CCOC(=O)C1CCCN(C(=O)C2=CC=C3OC(c4ccccc4)(c4ccccc4)OC3(C)C2)C1. The van der Waals surface area contributed by atoms with Crippen molar-refractivity contribution in [2.24, 2.45) is 5.92 Å². The summed E-state index contributed by atoms with van der Waals surface area (Å²) in [6.07, 6.45) is 5.61. The lowest BCUT2D eigenvalue weighted by Gasteiger charge is -2.34. The fourth-order valence-corrected chi connectivity index (χ4v) is 5.26. The number of allylic oxidation sites excluding steroid dienone is 2. The van der Waals surface area contributed by atoms with Gasteiger partial charge in [-0.25, -0.2) is 0 Å². The smallest absolute Gasteiger partial charge is 0.310 e. The van der Waals surface area contributed by atoms with Crippen LogP contribution in [0.5, 0.6) is 0 Å². The predicted octanol–water partition coefficient (Wildman–Crippen LogP) is 4.71. The van der Waals surface area contributed by atoms with Crippen molar-refractivity contribution in [3.63, 3.8) is 0 Å². The number of hydrogen-bond acceptors (Lipinski definition) is 5. The molecule has 1 aliphatic carbocycles. The molecule has 2 aromatic carbocycles. The van der Waals surface area contributed by atoms with Crippen LogP contribution < -0.4 is 0 Å². The highest BCUT2D eigenvalue weighted by atomic mass is 16.8. The Labute approximate surface area is 206 Å². The molecule has 2 aliphatic heterocycles. The van der Waals surface area contributed by atoms with Crippen LogP contribution in [0.25, 0.3) is 0 Å². The van der Waals surface area contributed by atoms with Crippen LogP contribution in [0, 0.1) is 5.92 Å². The van der Waals surface area contributed by atoms with Crippen molar-refractivity contribution in [3.05, 3.63) is 95.3 Å². The monoisotopic (exact) mass is 473 g/mol. The maximum Gasteiger partial charge on any atom is 0.310 e. The van der Waals surface area contributed by atoms with Crippen LogP contribution in [-0.4, -0.2) is 42.1 Å². The van der Waals surface area contributed by atoms with Gasteiger partial charge in [-0.15, -0.1) is 0 Å². The summed E-state index contributed by atoms with van der Waals surface area (Å²) in [5.41, 5.74) is 1.64. The Morgan fingerprint density at radius 2 is 1.69 bits per heavy atom. The normalized spacial score (nSPS) is 25.1. The van der Waals surface area contributed by atoms with Gasteiger partial charge in [-0.3, -0.25) is 9.59 Å². The van der Waals surface area contributed by atoms with Gasteiger partial charge in [0.1, 0.15) is 11.4 Å². The first-order chi connectivity index (χ1) is 16.9. The first kappa shape index (κ1) is 23.4. The number of rotatable bonds is 5. The molecule has 0 spiro atoms. The molecule has 5 rings (SSSR count). The minimum Gasteiger partial charge on any atom is -0.466 e. The third-order valence-electron chi connectivity index (χ3n) is 7.02. The quantitative estimate of drug-likeness (QED) is 0.589. The number of hydrogen-bond donors (Lipinski definition) is 0. The second-order valence-electron chi connectivity index (χ2n) is 9.53. The summed E-state index contributed by atoms with van der Waals surface area (Å²) in [6, 6.07) is 19.8. The van der Waals surface area contributed by atoms with Gasteiger partial charge in [-0.05, 0) is 38.8 Å². The fraction of sp³-hybridized carbons (Fsp3) is 0.379. The van der Waals surface area contributed by atoms with E-state index in [0.717, 1.165) is 24.0 Å². The van der Waals surface area contributed by atoms with Crippen LogP contribution in [-0.2, 0) is 29.6 Å². The van der Waals surface area contributed by atoms with E-state index in [9.17, 15) is 9.59 Å². The van der Waals surface area contributed by atoms with Gasteiger partial charge in [0.25, 0.3) is 5.79 Å². The van der Waals surface area contributed by atoms with E-state index in [1.807, 2.05) is 79.7 Å². The predicted molar refractivity (Wildman–Crippen MR) is 131 cm³/mol. The van der Waals surface area contributed by atoms with E-state index in [-0.39, 0.29) is 17.8 Å². The zero-order valence-electron chi connectivity index (χ0n) is 20.2. The number of carbonyl (C=O) groups is 2. The first-order valence-electron chi connectivity index (χ1n) is 12.3. The summed E-state index contributed by atoms with van der Waals surface area (Å²) < 4.78 is 18.6. The third kappa shape index (κ3) is 4.27. The number of fused-ring (bicyclic) bond motifs is 1. The lowest BCUT2D eigenvalue weighted by molar-refractivity contribution is -0.160. The standard InChI is InChI=1S/C29H31NO5/c1-3-33-27(32)22-11-10-18-30(20-22)26(31)21-16-17-25-28(2,19-21)35-29(34-25,23-12-6-4-7-13-23)24-14-8-5-9-15-24/h4-9,12-17,22H,3,10-11,18-20H2,1-2H3. The van der Waals surface area contributed by atoms with Gasteiger partial charge in [0, 0.05) is 36.2 Å². The number of benzene rings is 2. The summed E-state index contributed by atoms with van der Waals surface area (Å²) in [5.74, 6) is -0.954. The molecule has 2 saturated heterocycles. The largest absolute Gasteiger partial charge is 0.466 e. The molecule has 182 valence electrons. The number of piperidine rings is 1. The molecule has 3 aliphatic rings. The topological polar surface area (TPSA) is 65.1 Å². The second-order valence-corrected chi connectivity index (χ2v) is 9.53. The van der Waals surface area contributed by atoms with Crippen LogP contribution in [0.4, 0.5) is 0 Å². The Morgan fingerprint density at radius 1 is 1.03 bits per heavy atom. The number of likely N-dealkylation sites (tertiary alicyclic amines) is 1. The average Bonchev–Trinajstić information content (AvgIpc) is 3.23. The van der Waals surface area contributed by atoms with Crippen molar-refractivity contribution in [1.82, 2.24) is 4.90 Å². The van der Waals surface area contributed by atoms with Gasteiger partial charge in [-0.2, -0.15) is 0 Å². The van der Waals surface area contributed by atoms with Crippen LogP contribution >= 0.6 is 0 Å². The van der Waals surface area contributed by atoms with Crippen LogP contribution in [0.1, 0.15) is 44.2 Å². The van der Waals surface area contributed by atoms with Crippen LogP contribution in [0.15, 0.2) is 84.1 Å². The zero-order valence-corrected chi connectivity index (χ0v) is 20.2. The van der Waals surface area contributed by atoms with Crippen LogP contribution in [0.3, 0.4) is 0 Å². The van der Waals surface area contributed by atoms with E-state index >= 15 is 0 Å². The summed E-state index contributed by atoms with van der Waals surface area (Å²) in [4.78, 5) is 27.5. The molecule has 6 nitrogen and oxygen atoms in total. The molecule has 2 aromatic rings. The number of amides is 1. The fourth-order valence-electron chi connectivity index (χ4n) is 5.26. The highest BCUT2D eigenvalue weighted by Crippen LogP contribution is 2.52. The summed E-state index contributed by atoms with van der Waals surface area (Å²) in [6.45, 7) is 5.15. The van der Waals surface area contributed by atoms with Gasteiger partial charge in [-0.1, -0.05) is 60.7 Å². The minimum atomic E-state index is -1.10. The molecular formula is C29H31NO5. The molecule has 0 N–H and O–H groups in total. The van der Waals surface area contributed by atoms with Crippen molar-refractivity contribution < 1.29 is 23.8 Å². The van der Waals surface area contributed by atoms with E-state index in [1.54, 1.807) is 11.8 Å². The van der Waals surface area contributed by atoms with Gasteiger partial charge < -0.3 is 19.1 Å². The summed E-state index contributed by atoms with van der Waals surface area (Å²) in [7, 11) is 0. The van der Waals surface area contributed by atoms with E-state index in [4.69, 9.17) is 14.2 Å². The highest BCUT2D eigenvalue weighted by molar-refractivity contribution is 5.94. The van der Waals surface area contributed by atoms with Gasteiger partial charge in [0.15, 0.2) is 0 Å². The Bertz CT molecular complexity index is 1120. The van der Waals surface area contributed by atoms with Crippen molar-refractivity contribution >= 4 is 11.9 Å². The lowest BCUT2D eigenvalue weighted by Crippen LogP contribution is -2.44. The van der Waals surface area contributed by atoms with Crippen molar-refractivity contribution in [3.8, 4) is 0 Å². The maximum atomic E-state index is 13.5. The molecule has 6 heteroatoms. The average molecular weight is 474 g/mol. The molecule has 1 amide bonds. The Morgan fingerprint density at radius 3 is 2.31 bits per heavy atom. The minimum absolute atomic E-state index is 0.0592. The molecule has 0 bridgehead atoms. The summed E-state index contributed by atoms with van der Waals surface area (Å²) >= 11 is 0. The third-order valence-corrected chi connectivity index (χ3v) is 7.02. The van der Waals surface area contributed by atoms with E-state index in [2.05, 4.69) is 0 Å². The van der Waals surface area contributed by atoms with E-state index in [1.165, 1.54) is 0 Å². The molecule has 2 heterocycles. The highest BCUT2D eigenvalue weighted by Gasteiger charge is 2.56. The molecule has 0 saturated carbocycles.